The van der Waals surface area contributed by atoms with Gasteiger partial charge in [0.2, 0.25) is 0 Å². The predicted octanol–water partition coefficient (Wildman–Crippen LogP) is 2.95. The molecule has 0 N–H and O–H groups in total. The number of hydrogen-bond acceptors (Lipinski definition) is 2. The van der Waals surface area contributed by atoms with E-state index < -0.39 is 0 Å². The molecule has 0 saturated heterocycles. The van der Waals surface area contributed by atoms with E-state index in [0.717, 1.165) is 21.5 Å². The standard InChI is InChI=1S/C11H11BrN2O/c1-8-6-13-14(7-8)11-4-3-9(15-2)5-10(11)12/h3-7H,1-2H3. The molecule has 1 aromatic carbocycles. The maximum atomic E-state index is 5.13. The first kappa shape index (κ1) is 10.2. The van der Waals surface area contributed by atoms with Crippen molar-refractivity contribution in [1.29, 1.82) is 0 Å². The Morgan fingerprint density at radius 3 is 2.73 bits per heavy atom. The minimum atomic E-state index is 0.828. The van der Waals surface area contributed by atoms with Crippen LogP contribution < -0.4 is 4.74 Å². The van der Waals surface area contributed by atoms with Crippen molar-refractivity contribution in [2.24, 2.45) is 0 Å². The molecule has 2 rings (SSSR count). The summed E-state index contributed by atoms with van der Waals surface area (Å²) in [5, 5.41) is 4.25. The lowest BCUT2D eigenvalue weighted by molar-refractivity contribution is 0.414. The Balaban J connectivity index is 2.45. The number of rotatable bonds is 2. The van der Waals surface area contributed by atoms with Crippen LogP contribution in [0.2, 0.25) is 0 Å². The van der Waals surface area contributed by atoms with Crippen LogP contribution in [0.1, 0.15) is 5.56 Å². The van der Waals surface area contributed by atoms with Gasteiger partial charge in [0, 0.05) is 10.7 Å². The van der Waals surface area contributed by atoms with E-state index in [0.29, 0.717) is 0 Å². The van der Waals surface area contributed by atoms with E-state index in [4.69, 9.17) is 4.74 Å². The highest BCUT2D eigenvalue weighted by molar-refractivity contribution is 9.10. The lowest BCUT2D eigenvalue weighted by atomic mass is 10.3. The number of aromatic nitrogens is 2. The Hall–Kier alpha value is -1.29. The third-order valence-electron chi connectivity index (χ3n) is 2.11. The number of aryl methyl sites for hydroxylation is 1. The van der Waals surface area contributed by atoms with Crippen LogP contribution >= 0.6 is 15.9 Å². The number of halogens is 1. The molecular weight excluding hydrogens is 256 g/mol. The largest absolute Gasteiger partial charge is 0.497 e. The van der Waals surface area contributed by atoms with Crippen LogP contribution in [0.3, 0.4) is 0 Å². The van der Waals surface area contributed by atoms with Crippen LogP contribution in [0, 0.1) is 6.92 Å². The fourth-order valence-corrected chi connectivity index (χ4v) is 1.88. The van der Waals surface area contributed by atoms with E-state index >= 15 is 0 Å². The van der Waals surface area contributed by atoms with Crippen molar-refractivity contribution in [2.45, 2.75) is 6.92 Å². The van der Waals surface area contributed by atoms with Gasteiger partial charge in [0.1, 0.15) is 5.75 Å². The summed E-state index contributed by atoms with van der Waals surface area (Å²) in [5.74, 6) is 0.828. The van der Waals surface area contributed by atoms with Crippen LogP contribution in [0.4, 0.5) is 0 Å². The van der Waals surface area contributed by atoms with Crippen molar-refractivity contribution in [3.8, 4) is 11.4 Å². The molecule has 0 aliphatic rings. The van der Waals surface area contributed by atoms with Crippen LogP contribution in [-0.2, 0) is 0 Å². The first-order chi connectivity index (χ1) is 7.20. The van der Waals surface area contributed by atoms with Gasteiger partial charge >= 0.3 is 0 Å². The average Bonchev–Trinajstić information content (AvgIpc) is 2.64. The van der Waals surface area contributed by atoms with Crippen LogP contribution in [0.15, 0.2) is 35.1 Å². The summed E-state index contributed by atoms with van der Waals surface area (Å²) >= 11 is 3.49. The van der Waals surface area contributed by atoms with E-state index in [1.807, 2.05) is 42.2 Å². The highest BCUT2D eigenvalue weighted by Gasteiger charge is 2.04. The van der Waals surface area contributed by atoms with Gasteiger partial charge in [0.05, 0.1) is 19.0 Å². The SMILES string of the molecule is COc1ccc(-n2cc(C)cn2)c(Br)c1. The number of ether oxygens (including phenoxy) is 1. The van der Waals surface area contributed by atoms with Gasteiger partial charge in [-0.3, -0.25) is 0 Å². The Morgan fingerprint density at radius 1 is 1.40 bits per heavy atom. The molecule has 1 heterocycles. The molecule has 0 bridgehead atoms. The Bertz CT molecular complexity index is 479. The zero-order valence-electron chi connectivity index (χ0n) is 8.57. The van der Waals surface area contributed by atoms with E-state index in [-0.39, 0.29) is 0 Å². The lowest BCUT2D eigenvalue weighted by Crippen LogP contribution is -1.95. The summed E-state index contributed by atoms with van der Waals surface area (Å²) in [6.45, 7) is 2.01. The highest BCUT2D eigenvalue weighted by Crippen LogP contribution is 2.25. The Kier molecular flexibility index (Phi) is 2.77. The van der Waals surface area contributed by atoms with Crippen molar-refractivity contribution in [3.63, 3.8) is 0 Å². The van der Waals surface area contributed by atoms with Crippen LogP contribution in [-0.4, -0.2) is 16.9 Å². The first-order valence-corrected chi connectivity index (χ1v) is 5.35. The zero-order valence-corrected chi connectivity index (χ0v) is 10.2. The summed E-state index contributed by atoms with van der Waals surface area (Å²) in [5.41, 5.74) is 2.14. The Morgan fingerprint density at radius 2 is 2.20 bits per heavy atom. The molecule has 0 saturated carbocycles. The summed E-state index contributed by atoms with van der Waals surface area (Å²) in [7, 11) is 1.65. The maximum Gasteiger partial charge on any atom is 0.120 e. The minimum Gasteiger partial charge on any atom is -0.497 e. The van der Waals surface area contributed by atoms with E-state index in [1.165, 1.54) is 0 Å². The van der Waals surface area contributed by atoms with Gasteiger partial charge in [-0.2, -0.15) is 5.10 Å². The summed E-state index contributed by atoms with van der Waals surface area (Å²) < 4.78 is 7.93. The third-order valence-corrected chi connectivity index (χ3v) is 2.75. The molecule has 0 atom stereocenters. The fraction of sp³-hybridized carbons (Fsp3) is 0.182. The number of benzene rings is 1. The van der Waals surface area contributed by atoms with Crippen molar-refractivity contribution in [1.82, 2.24) is 9.78 Å². The predicted molar refractivity (Wildman–Crippen MR) is 62.6 cm³/mol. The normalized spacial score (nSPS) is 10.3. The maximum absolute atomic E-state index is 5.13. The molecule has 78 valence electrons. The third kappa shape index (κ3) is 2.04. The molecule has 0 fully saturated rings. The first-order valence-electron chi connectivity index (χ1n) is 4.56. The van der Waals surface area contributed by atoms with Crippen molar-refractivity contribution in [2.75, 3.05) is 7.11 Å². The number of hydrogen-bond donors (Lipinski definition) is 0. The zero-order chi connectivity index (χ0) is 10.8. The van der Waals surface area contributed by atoms with Gasteiger partial charge in [-0.1, -0.05) is 0 Å². The number of nitrogens with zero attached hydrogens (tertiary/aromatic N) is 2. The second kappa shape index (κ2) is 4.06. The smallest absolute Gasteiger partial charge is 0.120 e. The quantitative estimate of drug-likeness (QED) is 0.836. The fourth-order valence-electron chi connectivity index (χ4n) is 1.34. The second-order valence-electron chi connectivity index (χ2n) is 3.28. The molecule has 0 aliphatic heterocycles. The molecule has 1 aromatic heterocycles. The average molecular weight is 267 g/mol. The molecular formula is C11H11BrN2O. The van der Waals surface area contributed by atoms with Gasteiger partial charge in [-0.05, 0) is 46.6 Å². The number of methoxy groups -OCH3 is 1. The van der Waals surface area contributed by atoms with E-state index in [9.17, 15) is 0 Å². The Labute approximate surface area is 96.8 Å². The van der Waals surface area contributed by atoms with Gasteiger partial charge in [-0.25, -0.2) is 4.68 Å². The molecule has 0 aliphatic carbocycles. The molecule has 3 nitrogen and oxygen atoms in total. The molecule has 0 spiro atoms. The van der Waals surface area contributed by atoms with Crippen molar-refractivity contribution in [3.05, 3.63) is 40.6 Å². The van der Waals surface area contributed by atoms with Crippen LogP contribution in [0.5, 0.6) is 5.75 Å². The molecule has 0 radical (unpaired) electrons. The van der Waals surface area contributed by atoms with E-state index in [1.54, 1.807) is 7.11 Å². The van der Waals surface area contributed by atoms with Gasteiger partial charge in [-0.15, -0.1) is 0 Å². The molecule has 0 unspecified atom stereocenters. The van der Waals surface area contributed by atoms with Gasteiger partial charge < -0.3 is 4.74 Å². The molecule has 15 heavy (non-hydrogen) atoms. The monoisotopic (exact) mass is 266 g/mol. The molecule has 0 amide bonds. The van der Waals surface area contributed by atoms with E-state index in [2.05, 4.69) is 21.0 Å². The topological polar surface area (TPSA) is 27.1 Å². The second-order valence-corrected chi connectivity index (χ2v) is 4.13. The van der Waals surface area contributed by atoms with Gasteiger partial charge in [0.15, 0.2) is 0 Å². The summed E-state index contributed by atoms with van der Waals surface area (Å²) in [6, 6.07) is 5.80. The van der Waals surface area contributed by atoms with Crippen molar-refractivity contribution < 1.29 is 4.74 Å². The molecule has 2 aromatic rings. The summed E-state index contributed by atoms with van der Waals surface area (Å²) in [6.07, 6.45) is 3.81. The van der Waals surface area contributed by atoms with Crippen LogP contribution in [0.25, 0.3) is 5.69 Å². The highest BCUT2D eigenvalue weighted by atomic mass is 79.9. The van der Waals surface area contributed by atoms with Gasteiger partial charge in [0.25, 0.3) is 0 Å². The lowest BCUT2D eigenvalue weighted by Gasteiger charge is -2.06. The minimum absolute atomic E-state index is 0.828. The molecule has 4 heteroatoms. The summed E-state index contributed by atoms with van der Waals surface area (Å²) in [4.78, 5) is 0. The van der Waals surface area contributed by atoms with Crippen molar-refractivity contribution >= 4 is 15.9 Å².